The first-order valence-corrected chi connectivity index (χ1v) is 4.20. The second-order valence-electron chi connectivity index (χ2n) is 2.89. The lowest BCUT2D eigenvalue weighted by atomic mass is 10.2. The third-order valence-electron chi connectivity index (χ3n) is 2.02. The quantitative estimate of drug-likeness (QED) is 0.577. The number of anilines is 1. The molecule has 8 nitrogen and oxygen atoms in total. The lowest BCUT2D eigenvalue weighted by Crippen LogP contribution is -2.15. The Morgan fingerprint density at radius 2 is 1.73 bits per heavy atom. The van der Waals surface area contributed by atoms with Gasteiger partial charge in [-0.05, 0) is 26.7 Å². The molecule has 0 unspecified atom stereocenters. The van der Waals surface area contributed by atoms with E-state index >= 15 is 0 Å². The number of aromatic nitrogens is 4. The average molecular weight is 206 g/mol. The van der Waals surface area contributed by atoms with Crippen LogP contribution in [-0.2, 0) is 0 Å². The molecule has 76 valence electrons. The second kappa shape index (κ2) is 2.89. The minimum Gasteiger partial charge on any atom is -0.319 e. The molecule has 0 spiro atoms. The Bertz CT molecular complexity index is 614. The monoisotopic (exact) mass is 206 g/mol. The normalized spacial score (nSPS) is 11.3. The first-order chi connectivity index (χ1) is 7.40. The molecule has 2 N–H and O–H groups in total. The Balaban J connectivity index is 2.43. The molecule has 0 fully saturated rings. The Labute approximate surface area is 82.5 Å². The number of fused-ring (bicyclic) bond motifs is 3. The number of nitrogens with zero attached hydrogens (tertiary/aromatic N) is 4. The smallest absolute Gasteiger partial charge is 0.168 e. The lowest BCUT2D eigenvalue weighted by molar-refractivity contribution is 0.312. The predicted molar refractivity (Wildman–Crippen MR) is 49.8 cm³/mol. The van der Waals surface area contributed by atoms with E-state index in [0.717, 1.165) is 0 Å². The molecule has 15 heavy (non-hydrogen) atoms. The van der Waals surface area contributed by atoms with E-state index in [-0.39, 0.29) is 0 Å². The van der Waals surface area contributed by atoms with Crippen molar-refractivity contribution in [2.24, 2.45) is 0 Å². The molecule has 0 radical (unpaired) electrons. The van der Waals surface area contributed by atoms with Crippen molar-refractivity contribution < 1.29 is 9.26 Å². The van der Waals surface area contributed by atoms with E-state index in [2.05, 4.69) is 40.7 Å². The largest absolute Gasteiger partial charge is 0.319 e. The summed E-state index contributed by atoms with van der Waals surface area (Å²) >= 11 is 0. The van der Waals surface area contributed by atoms with Crippen LogP contribution in [0.5, 0.6) is 0 Å². The van der Waals surface area contributed by atoms with Crippen molar-refractivity contribution in [3.8, 4) is 0 Å². The van der Waals surface area contributed by atoms with E-state index in [1.54, 1.807) is 13.1 Å². The zero-order valence-electron chi connectivity index (χ0n) is 7.68. The van der Waals surface area contributed by atoms with E-state index in [0.29, 0.717) is 27.8 Å². The molecule has 3 rings (SSSR count). The summed E-state index contributed by atoms with van der Waals surface area (Å²) in [5.41, 5.74) is 8.61. The average Bonchev–Trinajstić information content (AvgIpc) is 2.84. The maximum Gasteiger partial charge on any atom is 0.168 e. The van der Waals surface area contributed by atoms with Gasteiger partial charge in [0.25, 0.3) is 0 Å². The van der Waals surface area contributed by atoms with Gasteiger partial charge in [0, 0.05) is 7.05 Å². The van der Waals surface area contributed by atoms with Crippen molar-refractivity contribution >= 4 is 27.8 Å². The van der Waals surface area contributed by atoms with Gasteiger partial charge in [-0.15, -0.1) is 0 Å². The van der Waals surface area contributed by atoms with Crippen LogP contribution >= 0.6 is 0 Å². The molecule has 0 aliphatic rings. The van der Waals surface area contributed by atoms with Crippen LogP contribution < -0.4 is 10.9 Å². The third-order valence-corrected chi connectivity index (χ3v) is 2.02. The minimum absolute atomic E-state index is 0.520. The summed E-state index contributed by atoms with van der Waals surface area (Å²) in [6.07, 6.45) is 0. The van der Waals surface area contributed by atoms with Gasteiger partial charge in [-0.3, -0.25) is 0 Å². The zero-order valence-corrected chi connectivity index (χ0v) is 7.68. The Kier molecular flexibility index (Phi) is 1.56. The highest BCUT2D eigenvalue weighted by Gasteiger charge is 2.15. The fourth-order valence-electron chi connectivity index (χ4n) is 1.41. The second-order valence-corrected chi connectivity index (χ2v) is 2.89. The topological polar surface area (TPSA) is 102 Å². The molecule has 0 amide bonds. The molecule has 0 saturated carbocycles. The highest BCUT2D eigenvalue weighted by molar-refractivity contribution is 6.05. The Morgan fingerprint density at radius 1 is 1.00 bits per heavy atom. The summed E-state index contributed by atoms with van der Waals surface area (Å²) < 4.78 is 9.27. The first-order valence-electron chi connectivity index (χ1n) is 4.20. The molecular weight excluding hydrogens is 200 g/mol. The van der Waals surface area contributed by atoms with Crippen LogP contribution in [0.1, 0.15) is 0 Å². The molecule has 8 heteroatoms. The SMILES string of the molecule is CNNc1cc2nonc2c2nonc12. The molecule has 0 aliphatic carbocycles. The van der Waals surface area contributed by atoms with Gasteiger partial charge in [-0.25, -0.2) is 14.7 Å². The van der Waals surface area contributed by atoms with E-state index in [4.69, 9.17) is 0 Å². The summed E-state index contributed by atoms with van der Waals surface area (Å²) in [6, 6.07) is 1.74. The van der Waals surface area contributed by atoms with Crippen molar-refractivity contribution in [3.63, 3.8) is 0 Å². The molecule has 2 heterocycles. The standard InChI is InChI=1S/C7H6N6O2/c1-8-9-3-2-4-6(12-14-10-4)7-5(3)11-15-13-7/h2,8-9H,1H3. The van der Waals surface area contributed by atoms with Crippen LogP contribution in [-0.4, -0.2) is 27.7 Å². The summed E-state index contributed by atoms with van der Waals surface area (Å²) in [5.74, 6) is 0. The van der Waals surface area contributed by atoms with Crippen LogP contribution in [0.15, 0.2) is 15.3 Å². The fraction of sp³-hybridized carbons (Fsp3) is 0.143. The Morgan fingerprint density at radius 3 is 2.60 bits per heavy atom. The summed E-state index contributed by atoms with van der Waals surface area (Å²) in [6.45, 7) is 0. The van der Waals surface area contributed by atoms with E-state index in [1.807, 2.05) is 0 Å². The van der Waals surface area contributed by atoms with Gasteiger partial charge in [-0.2, -0.15) is 0 Å². The molecule has 1 aromatic carbocycles. The van der Waals surface area contributed by atoms with E-state index in [1.165, 1.54) is 0 Å². The van der Waals surface area contributed by atoms with Crippen LogP contribution in [0.4, 0.5) is 5.69 Å². The number of hydrogen-bond acceptors (Lipinski definition) is 8. The third kappa shape index (κ3) is 1.05. The van der Waals surface area contributed by atoms with Gasteiger partial charge in [0.05, 0.1) is 5.69 Å². The van der Waals surface area contributed by atoms with Gasteiger partial charge in [-0.1, -0.05) is 0 Å². The molecule has 0 atom stereocenters. The van der Waals surface area contributed by atoms with Crippen molar-refractivity contribution in [1.29, 1.82) is 0 Å². The maximum absolute atomic E-state index is 4.65. The van der Waals surface area contributed by atoms with Gasteiger partial charge in [0.1, 0.15) is 5.52 Å². The number of hydrogen-bond donors (Lipinski definition) is 2. The van der Waals surface area contributed by atoms with Gasteiger partial charge in [0.2, 0.25) is 0 Å². The van der Waals surface area contributed by atoms with Crippen LogP contribution in [0.3, 0.4) is 0 Å². The fourth-order valence-corrected chi connectivity index (χ4v) is 1.41. The van der Waals surface area contributed by atoms with E-state index in [9.17, 15) is 0 Å². The lowest BCUT2D eigenvalue weighted by Gasteiger charge is -2.02. The summed E-state index contributed by atoms with van der Waals surface area (Å²) in [7, 11) is 1.74. The highest BCUT2D eigenvalue weighted by Crippen LogP contribution is 2.26. The molecular formula is C7H6N6O2. The maximum atomic E-state index is 4.65. The number of benzene rings is 1. The van der Waals surface area contributed by atoms with Gasteiger partial charge < -0.3 is 5.43 Å². The van der Waals surface area contributed by atoms with Gasteiger partial charge >= 0.3 is 0 Å². The van der Waals surface area contributed by atoms with Crippen LogP contribution in [0, 0.1) is 0 Å². The van der Waals surface area contributed by atoms with Crippen molar-refractivity contribution in [3.05, 3.63) is 6.07 Å². The first kappa shape index (κ1) is 8.12. The minimum atomic E-state index is 0.520. The number of rotatable bonds is 2. The summed E-state index contributed by atoms with van der Waals surface area (Å²) in [5, 5.41) is 15.0. The van der Waals surface area contributed by atoms with Crippen molar-refractivity contribution in [1.82, 2.24) is 26.1 Å². The number of hydrazine groups is 1. The highest BCUT2D eigenvalue weighted by atomic mass is 16.6. The number of nitrogens with one attached hydrogen (secondary N) is 2. The van der Waals surface area contributed by atoms with Crippen molar-refractivity contribution in [2.45, 2.75) is 0 Å². The molecule has 3 aromatic rings. The molecule has 0 saturated heterocycles. The molecule has 2 aromatic heterocycles. The molecule has 0 bridgehead atoms. The Hall–Kier alpha value is -2.22. The van der Waals surface area contributed by atoms with Crippen LogP contribution in [0.25, 0.3) is 22.1 Å². The molecule has 0 aliphatic heterocycles. The van der Waals surface area contributed by atoms with Gasteiger partial charge in [0.15, 0.2) is 16.6 Å². The van der Waals surface area contributed by atoms with Crippen LogP contribution in [0.2, 0.25) is 0 Å². The van der Waals surface area contributed by atoms with E-state index < -0.39 is 0 Å². The van der Waals surface area contributed by atoms with Crippen molar-refractivity contribution in [2.75, 3.05) is 12.5 Å². The zero-order chi connectivity index (χ0) is 10.3. The summed E-state index contributed by atoms with van der Waals surface area (Å²) in [4.78, 5) is 0. The predicted octanol–water partition coefficient (Wildman–Crippen LogP) is 0.305.